The van der Waals surface area contributed by atoms with E-state index in [2.05, 4.69) is 45.2 Å². The highest BCUT2D eigenvalue weighted by molar-refractivity contribution is 5.94. The number of aryl methyl sites for hydroxylation is 5. The zero-order valence-electron chi connectivity index (χ0n) is 39.1. The summed E-state index contributed by atoms with van der Waals surface area (Å²) in [7, 11) is 0. The van der Waals surface area contributed by atoms with E-state index in [9.17, 15) is 39.0 Å². The standard InChI is InChI=1S/C17H18N4O4.C15H14N4O4.C14H18N4O4/c1-4-24-16(23)15-10(2)6-5-7-13(15)25-9-12-8-14(22)21-17(19-12)18-11(3)20-21;1-8-4-3-5-11(13(8)14(21)22)23-7-10-6-12(20)19-15(17-10)16-9(2)18-19;1-9-15-13-16-10(7-11(19)18(13)17-9)8-22-14(12(20)21)5-3-2-4-6-14/h5-8H,4,9H2,1-3H3,(H,18,19,20);3-6H,7H2,1-2H3,(H,21,22)(H,16,17,18);7H,2-6,8H2,1H3,(H,20,21)(H,15,16,17). The number of fused-ring (bicyclic) bond motifs is 3. The second-order valence-corrected chi connectivity index (χ2v) is 16.2. The van der Waals surface area contributed by atoms with Crippen LogP contribution < -0.4 is 26.2 Å². The molecule has 1 fully saturated rings. The highest BCUT2D eigenvalue weighted by Gasteiger charge is 2.41. The normalized spacial score (nSPS) is 13.0. The summed E-state index contributed by atoms with van der Waals surface area (Å²) < 4.78 is 25.8. The lowest BCUT2D eigenvalue weighted by atomic mass is 9.84. The number of carbonyl (C=O) groups is 3. The van der Waals surface area contributed by atoms with E-state index in [0.717, 1.165) is 24.8 Å². The Hall–Kier alpha value is -8.54. The van der Waals surface area contributed by atoms with Crippen LogP contribution in [-0.4, -0.2) is 99.1 Å². The summed E-state index contributed by atoms with van der Waals surface area (Å²) in [6.07, 6.45) is 3.67. The Bertz CT molecular complexity index is 3410. The van der Waals surface area contributed by atoms with Crippen LogP contribution in [0.5, 0.6) is 11.5 Å². The van der Waals surface area contributed by atoms with Gasteiger partial charge in [0.2, 0.25) is 0 Å². The Morgan fingerprint density at radius 3 is 1.43 bits per heavy atom. The molecule has 6 heterocycles. The molecule has 6 aromatic heterocycles. The minimum absolute atomic E-state index is 0.00997. The zero-order chi connectivity index (χ0) is 50.3. The molecule has 0 saturated heterocycles. The predicted molar refractivity (Wildman–Crippen MR) is 247 cm³/mol. The van der Waals surface area contributed by atoms with Gasteiger partial charge in [-0.2, -0.15) is 28.5 Å². The maximum Gasteiger partial charge on any atom is 0.342 e. The van der Waals surface area contributed by atoms with Crippen molar-refractivity contribution in [3.05, 3.63) is 142 Å². The lowest BCUT2D eigenvalue weighted by Gasteiger charge is -2.32. The van der Waals surface area contributed by atoms with E-state index in [1.165, 1.54) is 31.7 Å². The number of nitrogens with one attached hydrogen (secondary N) is 3. The molecule has 366 valence electrons. The van der Waals surface area contributed by atoms with Gasteiger partial charge in [-0.05, 0) is 90.5 Å². The zero-order valence-corrected chi connectivity index (χ0v) is 39.1. The van der Waals surface area contributed by atoms with Crippen molar-refractivity contribution >= 4 is 35.2 Å². The number of ether oxygens (including phenoxy) is 4. The van der Waals surface area contributed by atoms with Crippen molar-refractivity contribution in [2.45, 2.75) is 99.1 Å². The average Bonchev–Trinajstić information content (AvgIpc) is 4.02. The van der Waals surface area contributed by atoms with Crippen molar-refractivity contribution < 1.29 is 43.5 Å². The Balaban J connectivity index is 0.000000155. The van der Waals surface area contributed by atoms with Crippen LogP contribution in [0.1, 0.15) is 105 Å². The maximum absolute atomic E-state index is 12.1. The first kappa shape index (κ1) is 49.4. The van der Waals surface area contributed by atoms with Crippen molar-refractivity contribution in [3.8, 4) is 11.5 Å². The van der Waals surface area contributed by atoms with Crippen LogP contribution in [0.4, 0.5) is 0 Å². The van der Waals surface area contributed by atoms with Crippen molar-refractivity contribution in [1.82, 2.24) is 58.7 Å². The highest BCUT2D eigenvalue weighted by atomic mass is 16.5. The number of carbonyl (C=O) groups excluding carboxylic acids is 1. The number of aromatic carboxylic acids is 1. The summed E-state index contributed by atoms with van der Waals surface area (Å²) in [5.41, 5.74) is 0.970. The number of esters is 1. The topological polar surface area (TPSA) is 318 Å². The molecule has 0 bridgehead atoms. The third kappa shape index (κ3) is 11.2. The summed E-state index contributed by atoms with van der Waals surface area (Å²) in [4.78, 5) is 96.1. The van der Waals surface area contributed by atoms with E-state index < -0.39 is 23.5 Å². The Morgan fingerprint density at radius 1 is 0.600 bits per heavy atom. The molecule has 0 spiro atoms. The Kier molecular flexibility index (Phi) is 14.9. The molecule has 1 aliphatic rings. The third-order valence-corrected chi connectivity index (χ3v) is 10.9. The molecule has 0 radical (unpaired) electrons. The first-order chi connectivity index (χ1) is 33.4. The van der Waals surface area contributed by atoms with Crippen LogP contribution in [0.25, 0.3) is 17.3 Å². The molecule has 24 nitrogen and oxygen atoms in total. The van der Waals surface area contributed by atoms with Crippen molar-refractivity contribution in [1.29, 1.82) is 0 Å². The summed E-state index contributed by atoms with van der Waals surface area (Å²) >= 11 is 0. The quantitative estimate of drug-likeness (QED) is 0.101. The molecule has 9 rings (SSSR count). The number of hydrogen-bond donors (Lipinski definition) is 5. The minimum Gasteiger partial charge on any atom is -0.486 e. The van der Waals surface area contributed by atoms with Crippen LogP contribution in [0, 0.1) is 34.6 Å². The first-order valence-corrected chi connectivity index (χ1v) is 22.0. The van der Waals surface area contributed by atoms with E-state index in [-0.39, 0.29) is 71.8 Å². The Morgan fingerprint density at radius 2 is 1.01 bits per heavy atom. The van der Waals surface area contributed by atoms with E-state index in [4.69, 9.17) is 18.9 Å². The fourth-order valence-corrected chi connectivity index (χ4v) is 7.64. The van der Waals surface area contributed by atoms with E-state index >= 15 is 0 Å². The molecule has 2 aromatic carbocycles. The first-order valence-electron chi connectivity index (χ1n) is 22.0. The summed E-state index contributed by atoms with van der Waals surface area (Å²) in [5.74, 6) is 0.692. The number of benzene rings is 2. The van der Waals surface area contributed by atoms with Gasteiger partial charge in [0.1, 0.15) is 53.3 Å². The fourth-order valence-electron chi connectivity index (χ4n) is 7.64. The van der Waals surface area contributed by atoms with Crippen molar-refractivity contribution in [2.24, 2.45) is 0 Å². The van der Waals surface area contributed by atoms with Gasteiger partial charge >= 0.3 is 17.9 Å². The van der Waals surface area contributed by atoms with Gasteiger partial charge in [0.15, 0.2) is 5.60 Å². The SMILES string of the molecule is CCOC(=O)c1c(C)cccc1OCc1cc(=O)n2[nH]c(C)nc2n1.Cc1nc2nc(COC3(C(=O)O)CCCCC3)cc(=O)n2[nH]1.Cc1nc2nc(COc3cccc(C)c3C(=O)O)cc(=O)n2[nH]1. The largest absolute Gasteiger partial charge is 0.486 e. The van der Waals surface area contributed by atoms with Gasteiger partial charge in [0, 0.05) is 18.2 Å². The van der Waals surface area contributed by atoms with Crippen LogP contribution in [-0.2, 0) is 34.1 Å². The predicted octanol–water partition coefficient (Wildman–Crippen LogP) is 4.13. The van der Waals surface area contributed by atoms with Crippen LogP contribution in [0.15, 0.2) is 69.0 Å². The maximum atomic E-state index is 12.1. The molecule has 0 unspecified atom stereocenters. The number of carboxylic acid groups (broad SMARTS) is 2. The minimum atomic E-state index is -1.16. The van der Waals surface area contributed by atoms with Gasteiger partial charge < -0.3 is 29.2 Å². The molecule has 0 amide bonds. The van der Waals surface area contributed by atoms with Gasteiger partial charge in [-0.1, -0.05) is 30.7 Å². The summed E-state index contributed by atoms with van der Waals surface area (Å²) in [6.45, 7) is 10.7. The van der Waals surface area contributed by atoms with Crippen LogP contribution in [0.3, 0.4) is 0 Å². The summed E-state index contributed by atoms with van der Waals surface area (Å²) in [6, 6.07) is 14.3. The molecule has 8 aromatic rings. The number of rotatable bonds is 13. The monoisotopic (exact) mass is 962 g/mol. The number of aromatic amines is 3. The lowest BCUT2D eigenvalue weighted by Crippen LogP contribution is -2.43. The number of aromatic nitrogens is 12. The number of H-pyrrole nitrogens is 3. The summed E-state index contributed by atoms with van der Waals surface area (Å²) in [5, 5.41) is 27.1. The number of aliphatic carboxylic acids is 1. The molecule has 0 atom stereocenters. The second kappa shape index (κ2) is 21.2. The van der Waals surface area contributed by atoms with Crippen molar-refractivity contribution in [3.63, 3.8) is 0 Å². The van der Waals surface area contributed by atoms with Gasteiger partial charge in [0.05, 0.1) is 30.3 Å². The van der Waals surface area contributed by atoms with E-state index in [0.29, 0.717) is 64.3 Å². The van der Waals surface area contributed by atoms with Gasteiger partial charge in [0.25, 0.3) is 34.0 Å². The number of carboxylic acids is 2. The third-order valence-electron chi connectivity index (χ3n) is 10.9. The van der Waals surface area contributed by atoms with Gasteiger partial charge in [-0.3, -0.25) is 29.7 Å². The van der Waals surface area contributed by atoms with Gasteiger partial charge in [-0.15, -0.1) is 0 Å². The van der Waals surface area contributed by atoms with E-state index in [1.54, 1.807) is 65.0 Å². The van der Waals surface area contributed by atoms with Crippen molar-refractivity contribution in [2.75, 3.05) is 6.61 Å². The number of hydrogen-bond acceptors (Lipinski definition) is 16. The lowest BCUT2D eigenvalue weighted by molar-refractivity contribution is -0.173. The molecule has 1 saturated carbocycles. The average molecular weight is 963 g/mol. The smallest absolute Gasteiger partial charge is 0.342 e. The molecular weight excluding hydrogens is 913 g/mol. The fraction of sp³-hybridized carbons (Fsp3) is 0.348. The molecule has 1 aliphatic carbocycles. The highest BCUT2D eigenvalue weighted by Crippen LogP contribution is 2.33. The second-order valence-electron chi connectivity index (χ2n) is 16.2. The van der Waals surface area contributed by atoms with Crippen LogP contribution >= 0.6 is 0 Å². The molecule has 5 N–H and O–H groups in total. The van der Waals surface area contributed by atoms with E-state index in [1.807, 2.05) is 13.0 Å². The number of nitrogens with zero attached hydrogens (tertiary/aromatic N) is 9. The Labute approximate surface area is 396 Å². The molecule has 24 heteroatoms. The molecular formula is C46H50N12O12. The van der Waals surface area contributed by atoms with Gasteiger partial charge in [-0.25, -0.2) is 29.3 Å². The van der Waals surface area contributed by atoms with Crippen LogP contribution in [0.2, 0.25) is 0 Å². The molecule has 0 aliphatic heterocycles. The molecule has 70 heavy (non-hydrogen) atoms.